The van der Waals surface area contributed by atoms with Crippen molar-refractivity contribution in [3.05, 3.63) is 36.3 Å². The number of hydrogen-bond donors (Lipinski definition) is 2. The first-order valence-corrected chi connectivity index (χ1v) is 9.99. The second-order valence-electron chi connectivity index (χ2n) is 8.02. The smallest absolute Gasteiger partial charge is 0.273 e. The lowest BCUT2D eigenvalue weighted by molar-refractivity contribution is -0.127. The minimum absolute atomic E-state index is 0.153. The molecule has 2 aliphatic rings. The van der Waals surface area contributed by atoms with E-state index < -0.39 is 12.9 Å². The molecule has 166 valence electrons. The molecule has 0 aliphatic carbocycles. The third-order valence-electron chi connectivity index (χ3n) is 5.63. The van der Waals surface area contributed by atoms with Crippen LogP contribution in [0.3, 0.4) is 0 Å². The Morgan fingerprint density at radius 1 is 1.28 bits per heavy atom. The molecule has 2 fully saturated rings. The van der Waals surface area contributed by atoms with Crippen molar-refractivity contribution in [2.75, 3.05) is 50.6 Å². The van der Waals surface area contributed by atoms with Crippen LogP contribution in [0.4, 0.5) is 17.2 Å². The average Bonchev–Trinajstić information content (AvgIpc) is 3.16. The zero-order valence-corrected chi connectivity index (χ0v) is 17.6. The van der Waals surface area contributed by atoms with Crippen molar-refractivity contribution < 1.29 is 18.4 Å². The zero-order chi connectivity index (χ0) is 24.8. The van der Waals surface area contributed by atoms with E-state index in [1.165, 1.54) is 7.11 Å². The molecule has 1 spiro atoms. The van der Waals surface area contributed by atoms with Crippen molar-refractivity contribution >= 4 is 23.1 Å². The number of nitrogens with zero attached hydrogens (tertiary/aromatic N) is 6. The predicted octanol–water partition coefficient (Wildman–Crippen LogP) is 1.22. The lowest BCUT2D eigenvalue weighted by atomic mass is 9.78. The van der Waals surface area contributed by atoms with Gasteiger partial charge in [-0.2, -0.15) is 5.10 Å². The van der Waals surface area contributed by atoms with Crippen molar-refractivity contribution in [1.29, 1.82) is 0 Å². The van der Waals surface area contributed by atoms with Crippen molar-refractivity contribution in [2.24, 2.45) is 12.5 Å². The molecule has 2 saturated heterocycles. The molecule has 1 aromatic carbocycles. The summed E-state index contributed by atoms with van der Waals surface area (Å²) in [6.07, 6.45) is 1.58. The fourth-order valence-electron chi connectivity index (χ4n) is 4.00. The molecule has 2 aromatic heterocycles. The molecule has 2 N–H and O–H groups in total. The Morgan fingerprint density at radius 3 is 2.78 bits per heavy atom. The van der Waals surface area contributed by atoms with Crippen molar-refractivity contribution in [1.82, 2.24) is 30.3 Å². The van der Waals surface area contributed by atoms with Gasteiger partial charge in [0, 0.05) is 37.3 Å². The quantitative estimate of drug-likeness (QED) is 0.584. The van der Waals surface area contributed by atoms with Crippen LogP contribution < -0.4 is 20.3 Å². The number of nitrogens with one attached hydrogen (secondary N) is 2. The van der Waals surface area contributed by atoms with Gasteiger partial charge in [-0.1, -0.05) is 6.07 Å². The van der Waals surface area contributed by atoms with E-state index in [0.29, 0.717) is 41.9 Å². The number of aryl methyl sites for hydroxylation is 1. The number of hydrogen-bond acceptors (Lipinski definition) is 9. The van der Waals surface area contributed by atoms with Gasteiger partial charge < -0.3 is 25.0 Å². The van der Waals surface area contributed by atoms with Crippen LogP contribution in [-0.4, -0.2) is 71.3 Å². The van der Waals surface area contributed by atoms with Gasteiger partial charge in [0.1, 0.15) is 6.33 Å². The number of amides is 1. The summed E-state index contributed by atoms with van der Waals surface area (Å²) in [6.45, 7) is 0.294. The Labute approximate surface area is 189 Å². The maximum atomic E-state index is 12.7. The average molecular weight is 439 g/mol. The van der Waals surface area contributed by atoms with Gasteiger partial charge >= 0.3 is 0 Å². The van der Waals surface area contributed by atoms with E-state index >= 15 is 0 Å². The number of carbonyl (C=O) groups excluding carboxylic acids is 1. The number of rotatable bonds is 6. The van der Waals surface area contributed by atoms with E-state index in [1.807, 2.05) is 16.3 Å². The molecule has 32 heavy (non-hydrogen) atoms. The standard InChI is InChI=1S/C21H24N8O3/c1-22-20(30)17-15(7-16(25-26-17)29-8-21(9-29)10-32-11-21)24-14-6-4-5-13(18(14)31-3)19-23-12-28(2)27-19/h4-7,12H,8-11H2,1-3H3,(H,22,30)(H,24,25)/i1D3. The summed E-state index contributed by atoms with van der Waals surface area (Å²) >= 11 is 0. The van der Waals surface area contributed by atoms with E-state index in [0.717, 1.165) is 13.1 Å². The number of carbonyl (C=O) groups is 1. The van der Waals surface area contributed by atoms with Gasteiger partial charge in [-0.3, -0.25) is 9.48 Å². The summed E-state index contributed by atoms with van der Waals surface area (Å²) in [5, 5.41) is 17.8. The lowest BCUT2D eigenvalue weighted by Crippen LogP contribution is -2.66. The Morgan fingerprint density at radius 2 is 2.12 bits per heavy atom. The lowest BCUT2D eigenvalue weighted by Gasteiger charge is -2.55. The zero-order valence-electron chi connectivity index (χ0n) is 20.6. The molecule has 5 rings (SSSR count). The van der Waals surface area contributed by atoms with Gasteiger partial charge in [-0.25, -0.2) is 4.98 Å². The highest BCUT2D eigenvalue weighted by atomic mass is 16.5. The molecule has 0 atom stereocenters. The van der Waals surface area contributed by atoms with Crippen LogP contribution in [0.15, 0.2) is 30.6 Å². The summed E-state index contributed by atoms with van der Waals surface area (Å²) in [5.41, 5.74) is 1.44. The summed E-state index contributed by atoms with van der Waals surface area (Å²) in [4.78, 5) is 19.1. The number of benzene rings is 1. The molecule has 11 nitrogen and oxygen atoms in total. The van der Waals surface area contributed by atoms with Crippen LogP contribution in [0, 0.1) is 5.41 Å². The number of para-hydroxylation sites is 1. The van der Waals surface area contributed by atoms with E-state index in [1.54, 1.807) is 36.3 Å². The molecule has 0 unspecified atom stereocenters. The summed E-state index contributed by atoms with van der Waals surface area (Å²) in [7, 11) is 3.28. The summed E-state index contributed by atoms with van der Waals surface area (Å²) < 4.78 is 34.7. The Kier molecular flexibility index (Phi) is 4.09. The van der Waals surface area contributed by atoms with Crippen molar-refractivity contribution in [3.8, 4) is 17.1 Å². The summed E-state index contributed by atoms with van der Waals surface area (Å²) in [5.74, 6) is 0.613. The molecular formula is C21H24N8O3. The van der Waals surface area contributed by atoms with Crippen LogP contribution in [0.5, 0.6) is 5.75 Å². The molecule has 0 saturated carbocycles. The maximum absolute atomic E-state index is 12.7. The van der Waals surface area contributed by atoms with Gasteiger partial charge in [-0.15, -0.1) is 10.2 Å². The molecule has 2 aliphatic heterocycles. The van der Waals surface area contributed by atoms with E-state index in [9.17, 15) is 4.79 Å². The molecular weight excluding hydrogens is 412 g/mol. The number of methoxy groups -OCH3 is 1. The highest BCUT2D eigenvalue weighted by molar-refractivity contribution is 5.98. The fraction of sp³-hybridized carbons (Fsp3) is 0.381. The predicted molar refractivity (Wildman–Crippen MR) is 117 cm³/mol. The first-order chi connectivity index (χ1) is 16.7. The first-order valence-electron chi connectivity index (χ1n) is 11.5. The van der Waals surface area contributed by atoms with Gasteiger partial charge in [0.05, 0.1) is 42.7 Å². The van der Waals surface area contributed by atoms with E-state index in [4.69, 9.17) is 13.6 Å². The van der Waals surface area contributed by atoms with Gasteiger partial charge in [0.25, 0.3) is 5.91 Å². The van der Waals surface area contributed by atoms with Crippen LogP contribution in [0.25, 0.3) is 11.4 Å². The van der Waals surface area contributed by atoms with Crippen LogP contribution in [0.2, 0.25) is 0 Å². The van der Waals surface area contributed by atoms with E-state index in [2.05, 4.69) is 25.6 Å². The minimum atomic E-state index is -2.68. The second kappa shape index (κ2) is 7.75. The molecule has 1 amide bonds. The van der Waals surface area contributed by atoms with Crippen LogP contribution in [0.1, 0.15) is 14.6 Å². The van der Waals surface area contributed by atoms with Crippen LogP contribution in [-0.2, 0) is 11.8 Å². The van der Waals surface area contributed by atoms with Gasteiger partial charge in [0.15, 0.2) is 23.1 Å². The fourth-order valence-corrected chi connectivity index (χ4v) is 4.00. The topological polar surface area (TPSA) is 119 Å². The highest BCUT2D eigenvalue weighted by Crippen LogP contribution is 2.41. The van der Waals surface area contributed by atoms with Crippen molar-refractivity contribution in [3.63, 3.8) is 0 Å². The third-order valence-corrected chi connectivity index (χ3v) is 5.63. The maximum Gasteiger partial charge on any atom is 0.273 e. The largest absolute Gasteiger partial charge is 0.494 e. The Hall–Kier alpha value is -3.73. The molecule has 11 heteroatoms. The normalized spacial score (nSPS) is 18.1. The second-order valence-corrected chi connectivity index (χ2v) is 8.02. The Bertz CT molecular complexity index is 1270. The third kappa shape index (κ3) is 3.40. The number of anilines is 3. The van der Waals surface area contributed by atoms with E-state index in [-0.39, 0.29) is 16.8 Å². The van der Waals surface area contributed by atoms with Gasteiger partial charge in [-0.05, 0) is 12.1 Å². The molecule has 0 radical (unpaired) electrons. The highest BCUT2D eigenvalue weighted by Gasteiger charge is 2.49. The monoisotopic (exact) mass is 439 g/mol. The SMILES string of the molecule is [2H]C([2H])([2H])NC(=O)c1nnc(N2CC3(COC3)C2)cc1Nc1cccc(-c2ncn(C)n2)c1OC. The first kappa shape index (κ1) is 16.9. The van der Waals surface area contributed by atoms with Crippen LogP contribution >= 0.6 is 0 Å². The molecule has 0 bridgehead atoms. The van der Waals surface area contributed by atoms with Crippen molar-refractivity contribution in [2.45, 2.75) is 0 Å². The molecule has 4 heterocycles. The Balaban J connectivity index is 1.50. The summed E-state index contributed by atoms with van der Waals surface area (Å²) in [6, 6.07) is 7.06. The minimum Gasteiger partial charge on any atom is -0.494 e. The number of aromatic nitrogens is 5. The van der Waals surface area contributed by atoms with Gasteiger partial charge in [0.2, 0.25) is 0 Å². The number of ether oxygens (including phenoxy) is 2. The molecule has 3 aromatic rings.